The van der Waals surface area contributed by atoms with Crippen LogP contribution in [-0.4, -0.2) is 52.9 Å². The highest BCUT2D eigenvalue weighted by Crippen LogP contribution is 2.23. The lowest BCUT2D eigenvalue weighted by Gasteiger charge is -2.16. The molecule has 0 spiro atoms. The first kappa shape index (κ1) is 19.5. The fourth-order valence-electron chi connectivity index (χ4n) is 2.86. The molecule has 0 aliphatic heterocycles. The molecule has 3 rings (SSSR count). The number of para-hydroxylation sites is 1. The molecule has 2 aromatic heterocycles. The number of likely N-dealkylation sites (N-methyl/N-ethyl adjacent to an activating group) is 1. The predicted molar refractivity (Wildman–Crippen MR) is 111 cm³/mol. The molecule has 0 saturated carbocycles. The number of anilines is 2. The van der Waals surface area contributed by atoms with Gasteiger partial charge in [-0.2, -0.15) is 0 Å². The number of nitrogen functional groups attached to an aromatic ring is 1. The number of rotatable bonds is 7. The predicted octanol–water partition coefficient (Wildman–Crippen LogP) is 1.82. The van der Waals surface area contributed by atoms with Crippen molar-refractivity contribution in [1.29, 1.82) is 0 Å². The maximum atomic E-state index is 12.4. The van der Waals surface area contributed by atoms with Crippen LogP contribution < -0.4 is 16.4 Å². The zero-order valence-electron chi connectivity index (χ0n) is 16.4. The second-order valence-corrected chi connectivity index (χ2v) is 6.85. The number of nitrogens with zero attached hydrogens (tertiary/aromatic N) is 4. The second-order valence-electron chi connectivity index (χ2n) is 6.85. The van der Waals surface area contributed by atoms with Gasteiger partial charge in [-0.3, -0.25) is 4.79 Å². The Morgan fingerprint density at radius 3 is 2.75 bits per heavy atom. The minimum Gasteiger partial charge on any atom is -0.382 e. The van der Waals surface area contributed by atoms with E-state index in [4.69, 9.17) is 10.7 Å². The van der Waals surface area contributed by atoms with Crippen LogP contribution in [0.15, 0.2) is 36.7 Å². The molecule has 8 nitrogen and oxygen atoms in total. The topological polar surface area (TPSA) is 109 Å². The minimum absolute atomic E-state index is 0.108. The number of aromatic nitrogens is 3. The van der Waals surface area contributed by atoms with E-state index >= 15 is 0 Å². The van der Waals surface area contributed by atoms with Gasteiger partial charge in [0.15, 0.2) is 11.5 Å². The number of hydrogen-bond donors (Lipinski definition) is 3. The molecule has 28 heavy (non-hydrogen) atoms. The number of fused-ring (bicyclic) bond motifs is 1. The van der Waals surface area contributed by atoms with Crippen molar-refractivity contribution in [2.75, 3.05) is 38.2 Å². The molecule has 0 aliphatic carbocycles. The number of aryl methyl sites for hydroxylation is 1. The zero-order chi connectivity index (χ0) is 20.1. The summed E-state index contributed by atoms with van der Waals surface area (Å²) in [6.07, 6.45) is 2.90. The Kier molecular flexibility index (Phi) is 6.00. The lowest BCUT2D eigenvalue weighted by molar-refractivity contribution is 0.0946. The molecule has 0 saturated heterocycles. The van der Waals surface area contributed by atoms with Gasteiger partial charge in [0.05, 0.1) is 5.52 Å². The van der Waals surface area contributed by atoms with E-state index in [0.717, 1.165) is 40.9 Å². The molecule has 0 bridgehead atoms. The standard InChI is InChI=1S/C20H25N7O/c1-13-5-4-6-14-11-15(19(26-16(13)14)24-9-10-27(2)3)12-25-20(28)17-18(21)23-8-7-22-17/h4-8,11H,9-10,12H2,1-3H3,(H2,21,23)(H,24,26)(H,25,28). The summed E-state index contributed by atoms with van der Waals surface area (Å²) in [4.78, 5) is 27.2. The third kappa shape index (κ3) is 4.52. The summed E-state index contributed by atoms with van der Waals surface area (Å²) < 4.78 is 0. The molecule has 0 fully saturated rings. The van der Waals surface area contributed by atoms with Gasteiger partial charge in [0.2, 0.25) is 0 Å². The maximum absolute atomic E-state index is 12.4. The lowest BCUT2D eigenvalue weighted by atomic mass is 10.1. The van der Waals surface area contributed by atoms with Crippen LogP contribution in [0.2, 0.25) is 0 Å². The molecule has 0 radical (unpaired) electrons. The van der Waals surface area contributed by atoms with Gasteiger partial charge >= 0.3 is 0 Å². The fraction of sp³-hybridized carbons (Fsp3) is 0.300. The van der Waals surface area contributed by atoms with Crippen LogP contribution in [0.4, 0.5) is 11.6 Å². The van der Waals surface area contributed by atoms with Crippen LogP contribution in [0.25, 0.3) is 10.9 Å². The number of benzene rings is 1. The number of hydrogen-bond acceptors (Lipinski definition) is 7. The van der Waals surface area contributed by atoms with E-state index < -0.39 is 0 Å². The number of carbonyl (C=O) groups excluding carboxylic acids is 1. The van der Waals surface area contributed by atoms with Crippen LogP contribution in [0.1, 0.15) is 21.6 Å². The van der Waals surface area contributed by atoms with Crippen LogP contribution in [0, 0.1) is 6.92 Å². The van der Waals surface area contributed by atoms with Gasteiger partial charge in [0, 0.05) is 43.0 Å². The summed E-state index contributed by atoms with van der Waals surface area (Å²) in [6, 6.07) is 8.11. The van der Waals surface area contributed by atoms with E-state index in [-0.39, 0.29) is 17.4 Å². The Morgan fingerprint density at radius 2 is 2.00 bits per heavy atom. The van der Waals surface area contributed by atoms with Gasteiger partial charge in [0.1, 0.15) is 5.82 Å². The van der Waals surface area contributed by atoms with Gasteiger partial charge in [0.25, 0.3) is 5.91 Å². The molecule has 8 heteroatoms. The molecular formula is C20H25N7O. The quantitative estimate of drug-likeness (QED) is 0.574. The van der Waals surface area contributed by atoms with E-state index in [2.05, 4.69) is 25.5 Å². The average molecular weight is 379 g/mol. The molecule has 0 aliphatic rings. The maximum Gasteiger partial charge on any atom is 0.273 e. The molecule has 0 unspecified atom stereocenters. The van der Waals surface area contributed by atoms with Crippen molar-refractivity contribution in [3.63, 3.8) is 0 Å². The van der Waals surface area contributed by atoms with E-state index in [0.29, 0.717) is 6.54 Å². The molecule has 1 aromatic carbocycles. The van der Waals surface area contributed by atoms with E-state index in [1.807, 2.05) is 45.3 Å². The number of nitrogens with two attached hydrogens (primary N) is 1. The van der Waals surface area contributed by atoms with Gasteiger partial charge < -0.3 is 21.3 Å². The van der Waals surface area contributed by atoms with Gasteiger partial charge in [-0.05, 0) is 32.6 Å². The smallest absolute Gasteiger partial charge is 0.273 e. The molecule has 1 amide bonds. The third-order valence-corrected chi connectivity index (χ3v) is 4.36. The number of carbonyl (C=O) groups is 1. The SMILES string of the molecule is Cc1cccc2cc(CNC(=O)c3nccnc3N)c(NCCN(C)C)nc12. The van der Waals surface area contributed by atoms with Crippen molar-refractivity contribution in [3.05, 3.63) is 53.5 Å². The molecule has 0 atom stereocenters. The summed E-state index contributed by atoms with van der Waals surface area (Å²) >= 11 is 0. The van der Waals surface area contributed by atoms with Crippen molar-refractivity contribution < 1.29 is 4.79 Å². The first-order valence-electron chi connectivity index (χ1n) is 9.08. The van der Waals surface area contributed by atoms with Gasteiger partial charge in [-0.25, -0.2) is 15.0 Å². The Hall–Kier alpha value is -3.26. The second kappa shape index (κ2) is 8.62. The average Bonchev–Trinajstić information content (AvgIpc) is 2.66. The van der Waals surface area contributed by atoms with Crippen molar-refractivity contribution in [1.82, 2.24) is 25.2 Å². The molecular weight excluding hydrogens is 354 g/mol. The van der Waals surface area contributed by atoms with Crippen LogP contribution in [0.5, 0.6) is 0 Å². The molecule has 3 aromatic rings. The first-order valence-corrected chi connectivity index (χ1v) is 9.08. The summed E-state index contributed by atoms with van der Waals surface area (Å²) in [5.41, 5.74) is 8.81. The Labute approximate surface area is 164 Å². The van der Waals surface area contributed by atoms with Gasteiger partial charge in [-0.1, -0.05) is 18.2 Å². The normalized spacial score (nSPS) is 11.0. The Balaban J connectivity index is 1.85. The lowest BCUT2D eigenvalue weighted by Crippen LogP contribution is -2.26. The molecule has 2 heterocycles. The summed E-state index contributed by atoms with van der Waals surface area (Å²) in [5, 5.41) is 7.27. The monoisotopic (exact) mass is 379 g/mol. The van der Waals surface area contributed by atoms with Crippen LogP contribution in [0.3, 0.4) is 0 Å². The van der Waals surface area contributed by atoms with Crippen LogP contribution in [-0.2, 0) is 6.54 Å². The Bertz CT molecular complexity index is 987. The fourth-order valence-corrected chi connectivity index (χ4v) is 2.86. The number of nitrogens with one attached hydrogen (secondary N) is 2. The van der Waals surface area contributed by atoms with Crippen LogP contribution >= 0.6 is 0 Å². The zero-order valence-corrected chi connectivity index (χ0v) is 16.4. The van der Waals surface area contributed by atoms with Crippen molar-refractivity contribution in [2.24, 2.45) is 0 Å². The highest BCUT2D eigenvalue weighted by Gasteiger charge is 2.14. The first-order chi connectivity index (χ1) is 13.5. The number of amides is 1. The summed E-state index contributed by atoms with van der Waals surface area (Å²) in [5.74, 6) is 0.502. The minimum atomic E-state index is -0.366. The molecule has 4 N–H and O–H groups in total. The van der Waals surface area contributed by atoms with Crippen molar-refractivity contribution >= 4 is 28.4 Å². The number of pyridine rings is 1. The largest absolute Gasteiger partial charge is 0.382 e. The van der Waals surface area contributed by atoms with E-state index in [1.165, 1.54) is 12.4 Å². The van der Waals surface area contributed by atoms with Crippen molar-refractivity contribution in [2.45, 2.75) is 13.5 Å². The summed E-state index contributed by atoms with van der Waals surface area (Å²) in [6.45, 7) is 3.96. The third-order valence-electron chi connectivity index (χ3n) is 4.36. The van der Waals surface area contributed by atoms with E-state index in [9.17, 15) is 4.79 Å². The highest BCUT2D eigenvalue weighted by atomic mass is 16.1. The Morgan fingerprint density at radius 1 is 1.21 bits per heavy atom. The highest BCUT2D eigenvalue weighted by molar-refractivity contribution is 5.96. The van der Waals surface area contributed by atoms with Gasteiger partial charge in [-0.15, -0.1) is 0 Å². The summed E-state index contributed by atoms with van der Waals surface area (Å²) in [7, 11) is 4.04. The van der Waals surface area contributed by atoms with E-state index in [1.54, 1.807) is 0 Å². The van der Waals surface area contributed by atoms with Crippen molar-refractivity contribution in [3.8, 4) is 0 Å². The molecule has 146 valence electrons.